The fraction of sp³-hybridized carbons (Fsp3) is 0.833. The van der Waals surface area contributed by atoms with E-state index in [1.165, 1.54) is 6.38 Å². The second-order valence-corrected chi connectivity index (χ2v) is 2.71. The SMILES string of the molecule is CCl.CSCCC(N)C(=O)O. The topological polar surface area (TPSA) is 63.3 Å². The quantitative estimate of drug-likeness (QED) is 0.664. The monoisotopic (exact) mass is 199 g/mol. The van der Waals surface area contributed by atoms with E-state index in [2.05, 4.69) is 11.6 Å². The molecule has 0 aromatic heterocycles. The third-order valence-electron chi connectivity index (χ3n) is 0.950. The highest BCUT2D eigenvalue weighted by Gasteiger charge is 2.08. The molecule has 0 saturated carbocycles. The Morgan fingerprint density at radius 3 is 2.45 bits per heavy atom. The van der Waals surface area contributed by atoms with Gasteiger partial charge >= 0.3 is 5.97 Å². The van der Waals surface area contributed by atoms with Gasteiger partial charge in [0.2, 0.25) is 0 Å². The molecular formula is C6H14ClNO2S. The number of carbonyl (C=O) groups is 1. The summed E-state index contributed by atoms with van der Waals surface area (Å²) in [5.41, 5.74) is 5.19. The maximum atomic E-state index is 10.1. The summed E-state index contributed by atoms with van der Waals surface area (Å²) in [4.78, 5) is 10.1. The smallest absolute Gasteiger partial charge is 0.320 e. The van der Waals surface area contributed by atoms with Crippen molar-refractivity contribution in [3.63, 3.8) is 0 Å². The van der Waals surface area contributed by atoms with Crippen molar-refractivity contribution in [1.29, 1.82) is 0 Å². The van der Waals surface area contributed by atoms with E-state index in [9.17, 15) is 4.79 Å². The summed E-state index contributed by atoms with van der Waals surface area (Å²) in [5, 5.41) is 8.27. The first-order valence-corrected chi connectivity index (χ1v) is 5.18. The third kappa shape index (κ3) is 10.1. The van der Waals surface area contributed by atoms with E-state index < -0.39 is 12.0 Å². The van der Waals surface area contributed by atoms with Gasteiger partial charge in [-0.1, -0.05) is 0 Å². The Morgan fingerprint density at radius 2 is 2.18 bits per heavy atom. The van der Waals surface area contributed by atoms with Crippen LogP contribution < -0.4 is 5.73 Å². The standard InChI is InChI=1S/C5H11NO2S.CH3Cl/c1-9-3-2-4(6)5(7)8;1-2/h4H,2-3,6H2,1H3,(H,7,8);1H3. The molecule has 0 aliphatic heterocycles. The van der Waals surface area contributed by atoms with Crippen LogP contribution in [0, 0.1) is 0 Å². The van der Waals surface area contributed by atoms with Crippen molar-refractivity contribution in [3.05, 3.63) is 0 Å². The van der Waals surface area contributed by atoms with Crippen LogP contribution in [0.4, 0.5) is 0 Å². The maximum Gasteiger partial charge on any atom is 0.320 e. The molecule has 0 spiro atoms. The molecule has 0 aromatic rings. The van der Waals surface area contributed by atoms with Crippen molar-refractivity contribution in [2.45, 2.75) is 12.5 Å². The molecular weight excluding hydrogens is 186 g/mol. The lowest BCUT2D eigenvalue weighted by molar-refractivity contribution is -0.138. The largest absolute Gasteiger partial charge is 0.480 e. The molecule has 0 aliphatic rings. The van der Waals surface area contributed by atoms with Crippen LogP contribution in [0.5, 0.6) is 0 Å². The number of nitrogens with two attached hydrogens (primary N) is 1. The minimum atomic E-state index is -0.913. The highest BCUT2D eigenvalue weighted by Crippen LogP contribution is 1.97. The molecule has 0 saturated heterocycles. The minimum Gasteiger partial charge on any atom is -0.480 e. The molecule has 0 rings (SSSR count). The first-order chi connectivity index (χ1) is 5.18. The van der Waals surface area contributed by atoms with Crippen LogP contribution in [-0.2, 0) is 4.79 Å². The molecule has 0 radical (unpaired) electrons. The Morgan fingerprint density at radius 1 is 1.73 bits per heavy atom. The average molecular weight is 200 g/mol. The van der Waals surface area contributed by atoms with Crippen LogP contribution in [0.1, 0.15) is 6.42 Å². The normalized spacial score (nSPS) is 11.3. The Labute approximate surface area is 76.3 Å². The maximum absolute atomic E-state index is 10.1. The predicted octanol–water partition coefficient (Wildman–Crippen LogP) is 1.01. The zero-order valence-electron chi connectivity index (χ0n) is 6.71. The van der Waals surface area contributed by atoms with Gasteiger partial charge in [-0.05, 0) is 18.4 Å². The van der Waals surface area contributed by atoms with Crippen LogP contribution in [-0.4, -0.2) is 35.5 Å². The number of hydrogen-bond acceptors (Lipinski definition) is 3. The van der Waals surface area contributed by atoms with E-state index in [0.29, 0.717) is 6.42 Å². The molecule has 3 nitrogen and oxygen atoms in total. The van der Waals surface area contributed by atoms with Crippen LogP contribution in [0.15, 0.2) is 0 Å². The van der Waals surface area contributed by atoms with Gasteiger partial charge in [-0.2, -0.15) is 11.8 Å². The molecule has 0 fully saturated rings. The molecule has 0 heterocycles. The molecule has 3 N–H and O–H groups in total. The third-order valence-corrected chi connectivity index (χ3v) is 1.59. The van der Waals surface area contributed by atoms with Gasteiger partial charge in [-0.25, -0.2) is 0 Å². The Bertz CT molecular complexity index is 103. The number of halogens is 1. The first-order valence-electron chi connectivity index (χ1n) is 3.03. The van der Waals surface area contributed by atoms with Gasteiger partial charge in [-0.15, -0.1) is 11.6 Å². The van der Waals surface area contributed by atoms with Gasteiger partial charge in [0.25, 0.3) is 0 Å². The zero-order valence-corrected chi connectivity index (χ0v) is 8.28. The molecule has 0 amide bonds. The molecule has 1 unspecified atom stereocenters. The molecule has 0 bridgehead atoms. The summed E-state index contributed by atoms with van der Waals surface area (Å²) in [6.07, 6.45) is 3.95. The lowest BCUT2D eigenvalue weighted by Gasteiger charge is -2.02. The summed E-state index contributed by atoms with van der Waals surface area (Å²) in [6.45, 7) is 0. The molecule has 5 heteroatoms. The van der Waals surface area contributed by atoms with Gasteiger partial charge in [0.15, 0.2) is 0 Å². The molecule has 0 aliphatic carbocycles. The van der Waals surface area contributed by atoms with E-state index in [-0.39, 0.29) is 0 Å². The second-order valence-electron chi connectivity index (χ2n) is 1.73. The summed E-state index contributed by atoms with van der Waals surface area (Å²) < 4.78 is 0. The lowest BCUT2D eigenvalue weighted by Crippen LogP contribution is -2.30. The average Bonchev–Trinajstić information content (AvgIpc) is 2.03. The summed E-state index contributed by atoms with van der Waals surface area (Å²) in [5.74, 6) is -0.1000. The Balaban J connectivity index is 0. The van der Waals surface area contributed by atoms with Crippen LogP contribution >= 0.6 is 23.4 Å². The minimum absolute atomic E-state index is 0.552. The van der Waals surface area contributed by atoms with E-state index in [4.69, 9.17) is 10.8 Å². The van der Waals surface area contributed by atoms with E-state index >= 15 is 0 Å². The van der Waals surface area contributed by atoms with Crippen molar-refractivity contribution in [2.24, 2.45) is 5.73 Å². The van der Waals surface area contributed by atoms with Gasteiger partial charge < -0.3 is 10.8 Å². The summed E-state index contributed by atoms with van der Waals surface area (Å²) >= 11 is 6.24. The number of alkyl halides is 1. The van der Waals surface area contributed by atoms with E-state index in [1.54, 1.807) is 11.8 Å². The highest BCUT2D eigenvalue weighted by atomic mass is 35.5. The van der Waals surface area contributed by atoms with Gasteiger partial charge in [0.05, 0.1) is 0 Å². The zero-order chi connectivity index (χ0) is 9.28. The highest BCUT2D eigenvalue weighted by molar-refractivity contribution is 7.98. The fourth-order valence-corrected chi connectivity index (χ4v) is 0.858. The number of carboxylic acid groups (broad SMARTS) is 1. The van der Waals surface area contributed by atoms with Crippen molar-refractivity contribution in [1.82, 2.24) is 0 Å². The summed E-state index contributed by atoms with van der Waals surface area (Å²) in [7, 11) is 0. The van der Waals surface area contributed by atoms with Crippen LogP contribution in [0.3, 0.4) is 0 Å². The predicted molar refractivity (Wildman–Crippen MR) is 50.4 cm³/mol. The van der Waals surface area contributed by atoms with Gasteiger partial charge in [0.1, 0.15) is 6.04 Å². The number of aliphatic carboxylic acids is 1. The van der Waals surface area contributed by atoms with Crippen LogP contribution in [0.25, 0.3) is 0 Å². The molecule has 0 aromatic carbocycles. The number of carboxylic acids is 1. The molecule has 11 heavy (non-hydrogen) atoms. The Hall–Kier alpha value is 0.0700. The lowest BCUT2D eigenvalue weighted by atomic mass is 10.2. The number of rotatable bonds is 4. The van der Waals surface area contributed by atoms with Crippen molar-refractivity contribution in [2.75, 3.05) is 18.4 Å². The van der Waals surface area contributed by atoms with E-state index in [1.807, 2.05) is 6.26 Å². The van der Waals surface area contributed by atoms with Gasteiger partial charge in [0, 0.05) is 6.38 Å². The van der Waals surface area contributed by atoms with Gasteiger partial charge in [-0.3, -0.25) is 4.79 Å². The van der Waals surface area contributed by atoms with E-state index in [0.717, 1.165) is 5.75 Å². The first kappa shape index (κ1) is 13.6. The summed E-state index contributed by atoms with van der Waals surface area (Å²) in [6, 6.07) is -0.683. The Kier molecular flexibility index (Phi) is 12.5. The number of hydrogen-bond donors (Lipinski definition) is 2. The van der Waals surface area contributed by atoms with Crippen molar-refractivity contribution in [3.8, 4) is 0 Å². The van der Waals surface area contributed by atoms with Crippen molar-refractivity contribution >= 4 is 29.3 Å². The molecule has 68 valence electrons. The fourth-order valence-electron chi connectivity index (χ4n) is 0.368. The second kappa shape index (κ2) is 10.1. The molecule has 1 atom stereocenters. The number of thioether (sulfide) groups is 1. The van der Waals surface area contributed by atoms with Crippen LogP contribution in [0.2, 0.25) is 0 Å². The van der Waals surface area contributed by atoms with Crippen molar-refractivity contribution < 1.29 is 9.90 Å².